The molecule has 3 aliphatic heterocycles. The van der Waals surface area contributed by atoms with Gasteiger partial charge in [-0.25, -0.2) is 9.78 Å². The molecule has 1 N–H and O–H groups in total. The molecular formula is C21H22F3N5O4. The number of nitrogens with zero attached hydrogens (tertiary/aromatic N) is 4. The molecule has 0 radical (unpaired) electrons. The highest BCUT2D eigenvalue weighted by Crippen LogP contribution is 2.47. The summed E-state index contributed by atoms with van der Waals surface area (Å²) < 4.78 is 49.6. The summed E-state index contributed by atoms with van der Waals surface area (Å²) in [6.45, 7) is 2.44. The molecule has 4 fully saturated rings. The third kappa shape index (κ3) is 3.94. The Balaban J connectivity index is 1.14. The van der Waals surface area contributed by atoms with Gasteiger partial charge in [-0.2, -0.15) is 18.4 Å². The van der Waals surface area contributed by atoms with Gasteiger partial charge in [0.2, 0.25) is 5.91 Å². The van der Waals surface area contributed by atoms with Gasteiger partial charge in [0.05, 0.1) is 30.0 Å². The van der Waals surface area contributed by atoms with E-state index in [4.69, 9.17) is 9.47 Å². The molecule has 1 aliphatic carbocycles. The number of rotatable bonds is 2. The number of nitrogens with one attached hydrogen (secondary N) is 1. The Kier molecular flexibility index (Phi) is 4.93. The minimum atomic E-state index is -4.63. The fraction of sp³-hybridized carbons (Fsp3) is 0.619. The van der Waals surface area contributed by atoms with Crippen LogP contribution in [-0.4, -0.2) is 77.8 Å². The molecule has 1 aromatic heterocycles. The summed E-state index contributed by atoms with van der Waals surface area (Å²) in [5, 5.41) is 12.1. The quantitative estimate of drug-likeness (QED) is 0.710. The summed E-state index contributed by atoms with van der Waals surface area (Å²) in [6, 6.07) is 2.37. The molecule has 2 spiro atoms. The predicted octanol–water partition coefficient (Wildman–Crippen LogP) is 1.53. The van der Waals surface area contributed by atoms with E-state index in [0.29, 0.717) is 51.7 Å². The Morgan fingerprint density at radius 2 is 2.03 bits per heavy atom. The number of halogens is 3. The lowest BCUT2D eigenvalue weighted by Gasteiger charge is -2.56. The Bertz CT molecular complexity index is 1030. The number of ether oxygens (including phenoxy) is 2. The summed E-state index contributed by atoms with van der Waals surface area (Å²) in [4.78, 5) is 31.1. The number of pyridine rings is 1. The van der Waals surface area contributed by atoms with E-state index < -0.39 is 17.4 Å². The number of likely N-dealkylation sites (tertiary alicyclic amines) is 2. The maximum atomic E-state index is 12.8. The largest absolute Gasteiger partial charge is 0.487 e. The highest BCUT2D eigenvalue weighted by atomic mass is 19.4. The molecule has 33 heavy (non-hydrogen) atoms. The molecule has 0 unspecified atom stereocenters. The summed E-state index contributed by atoms with van der Waals surface area (Å²) in [5.41, 5.74) is -1.89. The number of aromatic nitrogens is 1. The Labute approximate surface area is 187 Å². The van der Waals surface area contributed by atoms with Crippen LogP contribution in [0.2, 0.25) is 0 Å². The van der Waals surface area contributed by atoms with Crippen molar-refractivity contribution in [3.63, 3.8) is 0 Å². The van der Waals surface area contributed by atoms with Crippen molar-refractivity contribution in [1.82, 2.24) is 20.1 Å². The van der Waals surface area contributed by atoms with Gasteiger partial charge in [-0.1, -0.05) is 0 Å². The molecule has 4 heterocycles. The molecule has 12 heteroatoms. The molecule has 1 saturated carbocycles. The van der Waals surface area contributed by atoms with Gasteiger partial charge in [-0.15, -0.1) is 0 Å². The lowest BCUT2D eigenvalue weighted by molar-refractivity contribution is -0.142. The van der Waals surface area contributed by atoms with Gasteiger partial charge in [0.25, 0.3) is 0 Å². The van der Waals surface area contributed by atoms with Gasteiger partial charge in [0.15, 0.2) is 5.75 Å². The number of morpholine rings is 1. The summed E-state index contributed by atoms with van der Waals surface area (Å²) in [5.74, 6) is -0.126. The van der Waals surface area contributed by atoms with Gasteiger partial charge in [0.1, 0.15) is 18.4 Å². The van der Waals surface area contributed by atoms with Crippen LogP contribution in [0.5, 0.6) is 5.75 Å². The van der Waals surface area contributed by atoms with Gasteiger partial charge in [-0.05, 0) is 25.3 Å². The van der Waals surface area contributed by atoms with Crippen molar-refractivity contribution in [3.05, 3.63) is 23.5 Å². The monoisotopic (exact) mass is 465 g/mol. The van der Waals surface area contributed by atoms with Gasteiger partial charge in [0, 0.05) is 31.6 Å². The number of carbonyl (C=O) groups is 2. The Morgan fingerprint density at radius 3 is 2.70 bits per heavy atom. The first-order valence-electron chi connectivity index (χ1n) is 10.7. The van der Waals surface area contributed by atoms with Crippen molar-refractivity contribution in [1.29, 1.82) is 5.26 Å². The van der Waals surface area contributed by atoms with Crippen LogP contribution in [0.1, 0.15) is 30.5 Å². The van der Waals surface area contributed by atoms with E-state index in [1.807, 2.05) is 0 Å². The van der Waals surface area contributed by atoms with Crippen molar-refractivity contribution in [2.75, 3.05) is 39.4 Å². The van der Waals surface area contributed by atoms with Crippen molar-refractivity contribution in [2.45, 2.75) is 37.1 Å². The van der Waals surface area contributed by atoms with Crippen LogP contribution < -0.4 is 10.1 Å². The highest BCUT2D eigenvalue weighted by molar-refractivity contribution is 5.81. The van der Waals surface area contributed by atoms with Crippen molar-refractivity contribution >= 4 is 11.9 Å². The topological polar surface area (TPSA) is 108 Å². The minimum Gasteiger partial charge on any atom is -0.487 e. The normalized spacial score (nSPS) is 25.3. The molecule has 176 valence electrons. The number of carbonyl (C=O) groups excluding carboxylic acids is 2. The molecule has 0 aromatic carbocycles. The fourth-order valence-corrected chi connectivity index (χ4v) is 5.30. The standard InChI is InChI=1S/C21H22F3N5O4/c22-21(23,24)16-3-13(5-25)15(6-26-16)33-14-1-2-19(4-14)8-28(9-19)18(31)29-10-20(11-29)12-32-7-17(30)27-20/h3,6,14H,1-2,4,7-12H2,(H,27,30)/t14-/m0/s1. The second kappa shape index (κ2) is 7.48. The van der Waals surface area contributed by atoms with E-state index in [1.165, 1.54) is 0 Å². The molecule has 3 amide bonds. The first kappa shape index (κ1) is 21.8. The van der Waals surface area contributed by atoms with E-state index in [1.54, 1.807) is 15.9 Å². The van der Waals surface area contributed by atoms with Crippen LogP contribution in [0, 0.1) is 16.7 Å². The number of urea groups is 1. The zero-order valence-corrected chi connectivity index (χ0v) is 17.7. The highest BCUT2D eigenvalue weighted by Gasteiger charge is 2.54. The average Bonchev–Trinajstić information content (AvgIpc) is 3.14. The molecule has 4 aliphatic rings. The smallest absolute Gasteiger partial charge is 0.433 e. The number of hydrogen-bond acceptors (Lipinski definition) is 6. The first-order valence-corrected chi connectivity index (χ1v) is 10.7. The van der Waals surface area contributed by atoms with E-state index >= 15 is 0 Å². The predicted molar refractivity (Wildman–Crippen MR) is 105 cm³/mol. The lowest BCUT2D eigenvalue weighted by Crippen LogP contribution is -2.77. The Hall–Kier alpha value is -3.07. The van der Waals surface area contributed by atoms with Crippen LogP contribution in [0.3, 0.4) is 0 Å². The summed E-state index contributed by atoms with van der Waals surface area (Å²) in [7, 11) is 0. The number of alkyl halides is 3. The van der Waals surface area contributed by atoms with Crippen molar-refractivity contribution in [3.8, 4) is 11.8 Å². The molecule has 5 rings (SSSR count). The molecule has 0 bridgehead atoms. The van der Waals surface area contributed by atoms with Gasteiger partial charge >= 0.3 is 12.2 Å². The molecular weight excluding hydrogens is 443 g/mol. The second-order valence-corrected chi connectivity index (χ2v) is 9.47. The van der Waals surface area contributed by atoms with E-state index in [0.717, 1.165) is 12.6 Å². The third-order valence-corrected chi connectivity index (χ3v) is 6.83. The maximum Gasteiger partial charge on any atom is 0.433 e. The molecule has 3 saturated heterocycles. The van der Waals surface area contributed by atoms with Crippen LogP contribution in [-0.2, 0) is 15.7 Å². The average molecular weight is 465 g/mol. The van der Waals surface area contributed by atoms with Crippen molar-refractivity contribution in [2.24, 2.45) is 5.41 Å². The molecule has 9 nitrogen and oxygen atoms in total. The number of nitriles is 1. The number of hydrogen-bond donors (Lipinski definition) is 1. The number of amides is 3. The van der Waals surface area contributed by atoms with Crippen LogP contribution >= 0.6 is 0 Å². The van der Waals surface area contributed by atoms with Gasteiger partial charge in [-0.3, -0.25) is 4.79 Å². The lowest BCUT2D eigenvalue weighted by atomic mass is 9.78. The maximum absolute atomic E-state index is 12.8. The van der Waals surface area contributed by atoms with Crippen molar-refractivity contribution < 1.29 is 32.2 Å². The SMILES string of the molecule is N#Cc1cc(C(F)(F)F)ncc1O[C@H]1CCC2(C1)CN(C(=O)N1CC3(COCC(=O)N3)C1)C2. The van der Waals surface area contributed by atoms with Gasteiger partial charge < -0.3 is 24.6 Å². The second-order valence-electron chi connectivity index (χ2n) is 9.47. The van der Waals surface area contributed by atoms with E-state index in [2.05, 4.69) is 10.3 Å². The summed E-state index contributed by atoms with van der Waals surface area (Å²) >= 11 is 0. The first-order chi connectivity index (χ1) is 15.6. The summed E-state index contributed by atoms with van der Waals surface area (Å²) in [6.07, 6.45) is -1.77. The van der Waals surface area contributed by atoms with E-state index in [9.17, 15) is 28.0 Å². The Morgan fingerprint density at radius 1 is 1.30 bits per heavy atom. The fourth-order valence-electron chi connectivity index (χ4n) is 5.30. The van der Waals surface area contributed by atoms with Crippen LogP contribution in [0.25, 0.3) is 0 Å². The zero-order chi connectivity index (χ0) is 23.4. The van der Waals surface area contributed by atoms with Crippen LogP contribution in [0.4, 0.5) is 18.0 Å². The third-order valence-electron chi connectivity index (χ3n) is 6.83. The van der Waals surface area contributed by atoms with E-state index in [-0.39, 0.29) is 41.4 Å². The minimum absolute atomic E-state index is 0.0439. The van der Waals surface area contributed by atoms with Crippen LogP contribution in [0.15, 0.2) is 12.3 Å². The molecule has 1 aromatic rings. The molecule has 1 atom stereocenters. The zero-order valence-electron chi connectivity index (χ0n) is 17.7.